The average molecular weight is 501 g/mol. The molecule has 180 valence electrons. The SMILES string of the molecule is O=C(CCc1ccc(S(=O)(=O)c2cccc(Oc3ccc(F)cc3)c2)cc1)c1ccc2nccn2c1. The maximum Gasteiger partial charge on any atom is 0.206 e. The minimum atomic E-state index is -3.78. The normalized spacial score (nSPS) is 11.5. The van der Waals surface area contributed by atoms with E-state index in [2.05, 4.69) is 4.98 Å². The van der Waals surface area contributed by atoms with Crippen molar-refractivity contribution >= 4 is 21.3 Å². The van der Waals surface area contributed by atoms with Gasteiger partial charge in [0.15, 0.2) is 5.78 Å². The molecule has 5 rings (SSSR count). The number of rotatable bonds is 8. The predicted molar refractivity (Wildman–Crippen MR) is 133 cm³/mol. The standard InChI is InChI=1S/C28H21FN2O4S/c29-22-8-10-23(11-9-22)35-24-2-1-3-26(18-24)36(33,34)25-12-4-20(5-13-25)6-14-27(32)21-7-15-28-30-16-17-31(28)19-21/h1-5,7-13,15-19H,6,14H2. The Morgan fingerprint density at radius 3 is 2.44 bits per heavy atom. The minimum Gasteiger partial charge on any atom is -0.457 e. The Hall–Kier alpha value is -4.30. The van der Waals surface area contributed by atoms with Crippen LogP contribution in [0.3, 0.4) is 0 Å². The summed E-state index contributed by atoms with van der Waals surface area (Å²) in [5, 5.41) is 0. The van der Waals surface area contributed by atoms with Crippen molar-refractivity contribution in [2.24, 2.45) is 0 Å². The number of fused-ring (bicyclic) bond motifs is 1. The molecule has 0 aliphatic carbocycles. The molecule has 0 aliphatic rings. The van der Waals surface area contributed by atoms with E-state index in [1.165, 1.54) is 36.4 Å². The highest BCUT2D eigenvalue weighted by molar-refractivity contribution is 7.91. The number of aryl methyl sites for hydroxylation is 1. The van der Waals surface area contributed by atoms with Gasteiger partial charge in [0.05, 0.1) is 9.79 Å². The van der Waals surface area contributed by atoms with Crippen molar-refractivity contribution in [3.8, 4) is 11.5 Å². The number of sulfone groups is 1. The number of nitrogens with zero attached hydrogens (tertiary/aromatic N) is 2. The molecule has 0 atom stereocenters. The topological polar surface area (TPSA) is 77.7 Å². The summed E-state index contributed by atoms with van der Waals surface area (Å²) in [6, 6.07) is 21.7. The van der Waals surface area contributed by atoms with Gasteiger partial charge in [0, 0.05) is 30.6 Å². The van der Waals surface area contributed by atoms with E-state index in [1.54, 1.807) is 71.5 Å². The van der Waals surface area contributed by atoms with Crippen LogP contribution < -0.4 is 4.74 Å². The van der Waals surface area contributed by atoms with Crippen molar-refractivity contribution in [3.05, 3.63) is 120 Å². The molecule has 0 saturated carbocycles. The number of halogens is 1. The largest absolute Gasteiger partial charge is 0.457 e. The smallest absolute Gasteiger partial charge is 0.206 e. The highest BCUT2D eigenvalue weighted by Crippen LogP contribution is 2.28. The molecule has 0 aliphatic heterocycles. The molecule has 5 aromatic rings. The third-order valence-corrected chi connectivity index (χ3v) is 7.52. The van der Waals surface area contributed by atoms with E-state index >= 15 is 0 Å². The van der Waals surface area contributed by atoms with Gasteiger partial charge in [-0.15, -0.1) is 0 Å². The molecule has 0 saturated heterocycles. The molecule has 0 spiro atoms. The highest BCUT2D eigenvalue weighted by atomic mass is 32.2. The Balaban J connectivity index is 1.26. The second-order valence-corrected chi connectivity index (χ2v) is 10.2. The van der Waals surface area contributed by atoms with Crippen LogP contribution in [0.1, 0.15) is 22.3 Å². The minimum absolute atomic E-state index is 0.000248. The summed E-state index contributed by atoms with van der Waals surface area (Å²) in [4.78, 5) is 17.0. The molecule has 0 unspecified atom stereocenters. The first-order valence-corrected chi connectivity index (χ1v) is 12.7. The predicted octanol–water partition coefficient (Wildman–Crippen LogP) is 5.91. The third-order valence-electron chi connectivity index (χ3n) is 5.75. The summed E-state index contributed by atoms with van der Waals surface area (Å²) < 4.78 is 46.9. The van der Waals surface area contributed by atoms with Gasteiger partial charge < -0.3 is 9.14 Å². The van der Waals surface area contributed by atoms with Crippen molar-refractivity contribution in [1.29, 1.82) is 0 Å². The van der Waals surface area contributed by atoms with Crippen molar-refractivity contribution in [1.82, 2.24) is 9.38 Å². The molecule has 8 heteroatoms. The molecule has 0 radical (unpaired) electrons. The summed E-state index contributed by atoms with van der Waals surface area (Å²) >= 11 is 0. The van der Waals surface area contributed by atoms with Gasteiger partial charge in [-0.3, -0.25) is 4.79 Å². The van der Waals surface area contributed by atoms with Crippen molar-refractivity contribution < 1.29 is 22.3 Å². The van der Waals surface area contributed by atoms with Gasteiger partial charge in [0.1, 0.15) is 23.0 Å². The summed E-state index contributed by atoms with van der Waals surface area (Å²) in [5.41, 5.74) is 2.23. The number of Topliss-reactive ketones (excluding diaryl/α,β-unsaturated/α-hetero) is 1. The van der Waals surface area contributed by atoms with Crippen LogP contribution in [0.25, 0.3) is 5.65 Å². The third kappa shape index (κ3) is 5.04. The van der Waals surface area contributed by atoms with Crippen molar-refractivity contribution in [2.45, 2.75) is 22.6 Å². The second-order valence-electron chi connectivity index (χ2n) is 8.21. The number of hydrogen-bond acceptors (Lipinski definition) is 5. The van der Waals surface area contributed by atoms with Gasteiger partial charge in [0.2, 0.25) is 9.84 Å². The van der Waals surface area contributed by atoms with Gasteiger partial charge >= 0.3 is 0 Å². The van der Waals surface area contributed by atoms with Gasteiger partial charge in [-0.2, -0.15) is 0 Å². The van der Waals surface area contributed by atoms with Crippen LogP contribution in [0.5, 0.6) is 11.5 Å². The Labute approximate surface area is 207 Å². The van der Waals surface area contributed by atoms with E-state index in [-0.39, 0.29) is 21.4 Å². The lowest BCUT2D eigenvalue weighted by atomic mass is 10.0. The second kappa shape index (κ2) is 9.75. The Kier molecular flexibility index (Phi) is 6.35. The van der Waals surface area contributed by atoms with Crippen LogP contribution in [0.4, 0.5) is 4.39 Å². The van der Waals surface area contributed by atoms with E-state index in [0.29, 0.717) is 29.9 Å². The molecule has 0 amide bonds. The quantitative estimate of drug-likeness (QED) is 0.247. The zero-order chi connectivity index (χ0) is 25.1. The van der Waals surface area contributed by atoms with Gasteiger partial charge in [-0.1, -0.05) is 18.2 Å². The van der Waals surface area contributed by atoms with Gasteiger partial charge in [-0.05, 0) is 78.7 Å². The Morgan fingerprint density at radius 1 is 0.889 bits per heavy atom. The van der Waals surface area contributed by atoms with Crippen LogP contribution in [0, 0.1) is 5.82 Å². The van der Waals surface area contributed by atoms with Crippen LogP contribution in [-0.2, 0) is 16.3 Å². The number of pyridine rings is 1. The van der Waals surface area contributed by atoms with Gasteiger partial charge in [0.25, 0.3) is 0 Å². The molecule has 0 bridgehead atoms. The van der Waals surface area contributed by atoms with Crippen LogP contribution in [-0.4, -0.2) is 23.6 Å². The van der Waals surface area contributed by atoms with E-state index < -0.39 is 9.84 Å². The molecule has 3 aromatic carbocycles. The summed E-state index contributed by atoms with van der Waals surface area (Å²) in [6.07, 6.45) is 6.01. The van der Waals surface area contributed by atoms with Crippen LogP contribution in [0.2, 0.25) is 0 Å². The molecule has 0 N–H and O–H groups in total. The van der Waals surface area contributed by atoms with E-state index in [1.807, 2.05) is 0 Å². The zero-order valence-electron chi connectivity index (χ0n) is 19.0. The van der Waals surface area contributed by atoms with E-state index in [4.69, 9.17) is 4.74 Å². The average Bonchev–Trinajstić information content (AvgIpc) is 3.37. The summed E-state index contributed by atoms with van der Waals surface area (Å²) in [6.45, 7) is 0. The van der Waals surface area contributed by atoms with Crippen LogP contribution in [0.15, 0.2) is 113 Å². The zero-order valence-corrected chi connectivity index (χ0v) is 19.9. The van der Waals surface area contributed by atoms with Crippen molar-refractivity contribution in [2.75, 3.05) is 0 Å². The first-order valence-electron chi connectivity index (χ1n) is 11.2. The first-order chi connectivity index (χ1) is 17.4. The Morgan fingerprint density at radius 2 is 1.67 bits per heavy atom. The number of ketones is 1. The lowest BCUT2D eigenvalue weighted by molar-refractivity contribution is 0.0982. The maximum absolute atomic E-state index is 13.2. The Bertz CT molecular complexity index is 1640. The summed E-state index contributed by atoms with van der Waals surface area (Å²) in [7, 11) is -3.78. The number of hydrogen-bond donors (Lipinski definition) is 0. The van der Waals surface area contributed by atoms with Gasteiger partial charge in [-0.25, -0.2) is 17.8 Å². The molecule has 2 heterocycles. The fourth-order valence-corrected chi connectivity index (χ4v) is 5.10. The molecule has 6 nitrogen and oxygen atoms in total. The highest BCUT2D eigenvalue weighted by Gasteiger charge is 2.18. The number of carbonyl (C=O) groups excluding carboxylic acids is 1. The maximum atomic E-state index is 13.2. The lowest BCUT2D eigenvalue weighted by Crippen LogP contribution is -2.04. The van der Waals surface area contributed by atoms with E-state index in [9.17, 15) is 17.6 Å². The number of aromatic nitrogens is 2. The fraction of sp³-hybridized carbons (Fsp3) is 0.0714. The number of imidazole rings is 1. The molecule has 36 heavy (non-hydrogen) atoms. The fourth-order valence-electron chi connectivity index (χ4n) is 3.80. The number of carbonyl (C=O) groups is 1. The van der Waals surface area contributed by atoms with E-state index in [0.717, 1.165) is 11.2 Å². The first kappa shape index (κ1) is 23.4. The number of ether oxygens (including phenoxy) is 1. The lowest BCUT2D eigenvalue weighted by Gasteiger charge is -2.09. The monoisotopic (exact) mass is 500 g/mol. The summed E-state index contributed by atoms with van der Waals surface area (Å²) in [5.74, 6) is 0.337. The van der Waals surface area contributed by atoms with Crippen molar-refractivity contribution in [3.63, 3.8) is 0 Å². The molecule has 2 aromatic heterocycles. The van der Waals surface area contributed by atoms with Crippen LogP contribution >= 0.6 is 0 Å². The molecular weight excluding hydrogens is 479 g/mol. The molecular formula is C28H21FN2O4S. The molecule has 0 fully saturated rings. The number of benzene rings is 3.